The number of aliphatic hydroxyl groups is 1. The van der Waals surface area contributed by atoms with Gasteiger partial charge in [-0.1, -0.05) is 61.5 Å². The molecule has 2 aromatic carbocycles. The highest BCUT2D eigenvalue weighted by atomic mass is 35.5. The molecule has 2 aromatic rings. The number of rotatable bonds is 10. The average Bonchev–Trinajstić information content (AvgIpc) is 3.17. The smallest absolute Gasteiger partial charge is 0.334 e. The zero-order chi connectivity index (χ0) is 28.2. The molecule has 1 aliphatic heterocycles. The number of carboxylic acid groups (broad SMARTS) is 1. The third-order valence-corrected chi connectivity index (χ3v) is 8.38. The van der Waals surface area contributed by atoms with Gasteiger partial charge in [0, 0.05) is 27.8 Å². The summed E-state index contributed by atoms with van der Waals surface area (Å²) < 4.78 is 0. The molecule has 2 fully saturated rings. The molecule has 1 spiro atoms. The fraction of sp³-hybridized carbons (Fsp3) is 0.483. The van der Waals surface area contributed by atoms with Gasteiger partial charge in [-0.05, 0) is 67.5 Å². The largest absolute Gasteiger partial charge is 0.479 e. The Morgan fingerprint density at radius 2 is 1.74 bits per heavy atom. The van der Waals surface area contributed by atoms with Crippen LogP contribution < -0.4 is 10.2 Å². The Morgan fingerprint density at radius 3 is 2.33 bits per heavy atom. The number of anilines is 1. The molecule has 1 saturated heterocycles. The minimum atomic E-state index is -1.67. The summed E-state index contributed by atoms with van der Waals surface area (Å²) in [5, 5.41) is 21.5. The number of amides is 3. The highest BCUT2D eigenvalue weighted by Crippen LogP contribution is 2.45. The molecule has 0 bridgehead atoms. The summed E-state index contributed by atoms with van der Waals surface area (Å²) in [5.41, 5.74) is 1.59. The summed E-state index contributed by atoms with van der Waals surface area (Å²) in [7, 11) is 0. The lowest BCUT2D eigenvalue weighted by Crippen LogP contribution is -2.49. The molecular formula is C29H35Cl2N3O5. The van der Waals surface area contributed by atoms with Crippen molar-refractivity contribution in [1.29, 1.82) is 0 Å². The Hall–Kier alpha value is -2.81. The molecule has 1 aliphatic carbocycles. The van der Waals surface area contributed by atoms with Crippen LogP contribution in [0, 0.1) is 5.92 Å². The van der Waals surface area contributed by atoms with E-state index in [0.717, 1.165) is 31.2 Å². The molecule has 3 N–H and O–H groups in total. The number of hydrogen-bond donors (Lipinski definition) is 3. The lowest BCUT2D eigenvalue weighted by molar-refractivity contribution is -0.146. The van der Waals surface area contributed by atoms with E-state index in [1.165, 1.54) is 19.3 Å². The summed E-state index contributed by atoms with van der Waals surface area (Å²) in [5.74, 6) is -1.20. The Morgan fingerprint density at radius 1 is 1.10 bits per heavy atom. The summed E-state index contributed by atoms with van der Waals surface area (Å²) >= 11 is 12.5. The van der Waals surface area contributed by atoms with Crippen LogP contribution in [0.3, 0.4) is 0 Å². The Labute approximate surface area is 238 Å². The predicted octanol–water partition coefficient (Wildman–Crippen LogP) is 5.73. The van der Waals surface area contributed by atoms with Crippen molar-refractivity contribution in [1.82, 2.24) is 10.2 Å². The van der Waals surface area contributed by atoms with Crippen molar-refractivity contribution in [2.24, 2.45) is 5.92 Å². The van der Waals surface area contributed by atoms with E-state index in [0.29, 0.717) is 40.3 Å². The molecule has 3 amide bonds. The molecule has 1 saturated carbocycles. The van der Waals surface area contributed by atoms with Gasteiger partial charge < -0.3 is 20.4 Å². The fourth-order valence-corrected chi connectivity index (χ4v) is 6.19. The van der Waals surface area contributed by atoms with Gasteiger partial charge in [0.15, 0.2) is 6.10 Å². The van der Waals surface area contributed by atoms with E-state index in [4.69, 9.17) is 28.3 Å². The molecule has 0 radical (unpaired) electrons. The Kier molecular flexibility index (Phi) is 9.41. The number of aliphatic carboxylic acids is 1. The van der Waals surface area contributed by atoms with Crippen molar-refractivity contribution < 1.29 is 24.6 Å². The van der Waals surface area contributed by atoms with Gasteiger partial charge in [-0.15, -0.1) is 0 Å². The van der Waals surface area contributed by atoms with E-state index in [1.807, 2.05) is 4.90 Å². The third kappa shape index (κ3) is 6.86. The van der Waals surface area contributed by atoms with Crippen molar-refractivity contribution in [3.05, 3.63) is 63.6 Å². The normalized spacial score (nSPS) is 21.8. The Bertz CT molecular complexity index is 1180. The number of aliphatic hydroxyl groups excluding tert-OH is 1. The summed E-state index contributed by atoms with van der Waals surface area (Å²) in [6, 6.07) is 12.0. The summed E-state index contributed by atoms with van der Waals surface area (Å²) in [4.78, 5) is 40.8. The van der Waals surface area contributed by atoms with Crippen LogP contribution in [-0.4, -0.2) is 57.8 Å². The second kappa shape index (κ2) is 12.6. The number of benzene rings is 2. The number of urea groups is 1. The number of nitrogens with zero attached hydrogens (tertiary/aromatic N) is 2. The number of unbranched alkanes of at least 4 members (excludes halogenated alkanes) is 1. The van der Waals surface area contributed by atoms with Gasteiger partial charge in [0.2, 0.25) is 0 Å². The molecule has 4 rings (SSSR count). The standard InChI is InChI=1S/C29H35Cl2N3O5/c1-2-3-4-19-9-11-29(12-10-19)18-33(24-14-22(30)13-23(31)15-24)28(39)34(29)17-20-5-7-21(8-6-20)26(36)32-16-25(35)27(37)38/h5-8,13-15,19,25,35H,2-4,9-12,16-18H2,1H3,(H,32,36)(H,37,38). The molecule has 1 unspecified atom stereocenters. The minimum Gasteiger partial charge on any atom is -0.479 e. The lowest BCUT2D eigenvalue weighted by atomic mass is 9.74. The SMILES string of the molecule is CCCCC1CCC2(CC1)CN(c1cc(Cl)cc(Cl)c1)C(=O)N2Cc1ccc(C(=O)NCC(O)C(=O)O)cc1. The van der Waals surface area contributed by atoms with Crippen LogP contribution in [0.2, 0.25) is 10.0 Å². The zero-order valence-electron chi connectivity index (χ0n) is 22.0. The first-order valence-corrected chi connectivity index (χ1v) is 14.2. The highest BCUT2D eigenvalue weighted by Gasteiger charge is 2.51. The predicted molar refractivity (Wildman–Crippen MR) is 151 cm³/mol. The molecule has 8 nitrogen and oxygen atoms in total. The van der Waals surface area contributed by atoms with Crippen LogP contribution in [0.5, 0.6) is 0 Å². The summed E-state index contributed by atoms with van der Waals surface area (Å²) in [6.07, 6.45) is 5.96. The summed E-state index contributed by atoms with van der Waals surface area (Å²) in [6.45, 7) is 2.78. The van der Waals surface area contributed by atoms with Crippen LogP contribution in [0.25, 0.3) is 0 Å². The van der Waals surface area contributed by atoms with Crippen molar-refractivity contribution in [3.63, 3.8) is 0 Å². The van der Waals surface area contributed by atoms with E-state index in [2.05, 4.69) is 12.2 Å². The van der Waals surface area contributed by atoms with Gasteiger partial charge in [-0.3, -0.25) is 9.69 Å². The molecule has 210 valence electrons. The van der Waals surface area contributed by atoms with Crippen LogP contribution in [0.1, 0.15) is 67.8 Å². The molecule has 2 aliphatic rings. The second-order valence-electron chi connectivity index (χ2n) is 10.7. The second-order valence-corrected chi connectivity index (χ2v) is 11.5. The quantitative estimate of drug-likeness (QED) is 0.335. The molecule has 0 aromatic heterocycles. The maximum atomic E-state index is 13.9. The Balaban J connectivity index is 1.52. The highest BCUT2D eigenvalue weighted by molar-refractivity contribution is 6.35. The topological polar surface area (TPSA) is 110 Å². The van der Waals surface area contributed by atoms with Crippen LogP contribution >= 0.6 is 23.2 Å². The first-order chi connectivity index (χ1) is 18.6. The number of carboxylic acids is 1. The van der Waals surface area contributed by atoms with E-state index < -0.39 is 18.0 Å². The third-order valence-electron chi connectivity index (χ3n) is 7.95. The van der Waals surface area contributed by atoms with E-state index in [1.54, 1.807) is 47.4 Å². The minimum absolute atomic E-state index is 0.0928. The van der Waals surface area contributed by atoms with Crippen molar-refractivity contribution in [3.8, 4) is 0 Å². The fourth-order valence-electron chi connectivity index (χ4n) is 5.68. The van der Waals surface area contributed by atoms with Gasteiger partial charge in [0.25, 0.3) is 5.91 Å². The number of nitrogens with one attached hydrogen (secondary N) is 1. The van der Waals surface area contributed by atoms with Gasteiger partial charge in [-0.25, -0.2) is 9.59 Å². The monoisotopic (exact) mass is 575 g/mol. The van der Waals surface area contributed by atoms with Gasteiger partial charge in [-0.2, -0.15) is 0 Å². The maximum Gasteiger partial charge on any atom is 0.334 e. The average molecular weight is 577 g/mol. The number of halogens is 2. The van der Waals surface area contributed by atoms with Crippen LogP contribution in [0.4, 0.5) is 10.5 Å². The van der Waals surface area contributed by atoms with E-state index in [9.17, 15) is 19.5 Å². The molecule has 39 heavy (non-hydrogen) atoms. The molecular weight excluding hydrogens is 541 g/mol. The molecule has 1 heterocycles. The van der Waals surface area contributed by atoms with Gasteiger partial charge in [0.1, 0.15) is 0 Å². The first kappa shape index (κ1) is 29.2. The number of carbonyl (C=O) groups excluding carboxylic acids is 2. The maximum absolute atomic E-state index is 13.9. The van der Waals surface area contributed by atoms with E-state index in [-0.39, 0.29) is 18.1 Å². The van der Waals surface area contributed by atoms with Crippen molar-refractivity contribution in [2.45, 2.75) is 70.1 Å². The lowest BCUT2D eigenvalue weighted by Gasteiger charge is -2.42. The van der Waals surface area contributed by atoms with Crippen molar-refractivity contribution >= 4 is 46.8 Å². The first-order valence-electron chi connectivity index (χ1n) is 13.4. The molecule has 10 heteroatoms. The van der Waals surface area contributed by atoms with E-state index >= 15 is 0 Å². The number of hydrogen-bond acceptors (Lipinski definition) is 4. The number of carbonyl (C=O) groups is 3. The van der Waals surface area contributed by atoms with Crippen LogP contribution in [-0.2, 0) is 11.3 Å². The van der Waals surface area contributed by atoms with Gasteiger partial charge >= 0.3 is 12.0 Å². The van der Waals surface area contributed by atoms with Crippen LogP contribution in [0.15, 0.2) is 42.5 Å². The molecule has 1 atom stereocenters. The van der Waals surface area contributed by atoms with Crippen molar-refractivity contribution in [2.75, 3.05) is 18.0 Å². The zero-order valence-corrected chi connectivity index (χ0v) is 23.5. The van der Waals surface area contributed by atoms with Gasteiger partial charge in [0.05, 0.1) is 18.6 Å².